The van der Waals surface area contributed by atoms with Crippen LogP contribution in [0.1, 0.15) is 5.56 Å². The van der Waals surface area contributed by atoms with Crippen molar-refractivity contribution >= 4 is 56.8 Å². The number of hydrogen-bond acceptors (Lipinski definition) is 5. The maximum atomic E-state index is 14.1. The largest absolute Gasteiger partial charge is 0.507 e. The lowest BCUT2D eigenvalue weighted by atomic mass is 10.1. The smallest absolute Gasteiger partial charge is 0.270 e. The SMILES string of the molecule is O=C1NC(=S)N(c2ccccc2F)C(=O)/C1=C/c1cc(Br)c(O)cc1O. The highest BCUT2D eigenvalue weighted by Crippen LogP contribution is 2.33. The minimum Gasteiger partial charge on any atom is -0.507 e. The molecule has 3 N–H and O–H groups in total. The summed E-state index contributed by atoms with van der Waals surface area (Å²) in [7, 11) is 0. The number of carbonyl (C=O) groups is 2. The van der Waals surface area contributed by atoms with E-state index in [-0.39, 0.29) is 37.9 Å². The van der Waals surface area contributed by atoms with Crippen molar-refractivity contribution in [2.75, 3.05) is 4.90 Å². The van der Waals surface area contributed by atoms with Crippen LogP contribution in [-0.4, -0.2) is 27.1 Å². The summed E-state index contributed by atoms with van der Waals surface area (Å²) >= 11 is 8.08. The van der Waals surface area contributed by atoms with Crippen LogP contribution in [0.3, 0.4) is 0 Å². The van der Waals surface area contributed by atoms with Crippen molar-refractivity contribution in [3.63, 3.8) is 0 Å². The second-order valence-electron chi connectivity index (χ2n) is 5.27. The topological polar surface area (TPSA) is 89.9 Å². The molecule has 2 amide bonds. The number of aromatic hydroxyl groups is 2. The third-order valence-electron chi connectivity index (χ3n) is 3.59. The van der Waals surface area contributed by atoms with Crippen LogP contribution in [0.2, 0.25) is 0 Å². The van der Waals surface area contributed by atoms with Crippen molar-refractivity contribution < 1.29 is 24.2 Å². The van der Waals surface area contributed by atoms with Gasteiger partial charge >= 0.3 is 0 Å². The van der Waals surface area contributed by atoms with Gasteiger partial charge in [0.25, 0.3) is 11.8 Å². The number of phenolic OH excluding ortho intramolecular Hbond substituents is 2. The average molecular weight is 437 g/mol. The molecular formula is C17H10BrFN2O4S. The Morgan fingerprint density at radius 1 is 1.15 bits per heavy atom. The van der Waals surface area contributed by atoms with Crippen molar-refractivity contribution in [3.8, 4) is 11.5 Å². The molecule has 0 unspecified atom stereocenters. The number of rotatable bonds is 2. The van der Waals surface area contributed by atoms with Gasteiger partial charge in [-0.2, -0.15) is 0 Å². The first-order valence-electron chi connectivity index (χ1n) is 7.17. The van der Waals surface area contributed by atoms with Crippen molar-refractivity contribution in [3.05, 3.63) is 57.8 Å². The summed E-state index contributed by atoms with van der Waals surface area (Å²) in [6.07, 6.45) is 1.13. The van der Waals surface area contributed by atoms with E-state index in [2.05, 4.69) is 21.2 Å². The Bertz CT molecular complexity index is 993. The maximum Gasteiger partial charge on any atom is 0.270 e. The molecule has 0 spiro atoms. The lowest BCUT2D eigenvalue weighted by molar-refractivity contribution is -0.122. The number of halogens is 2. The van der Waals surface area contributed by atoms with Crippen LogP contribution in [0, 0.1) is 5.82 Å². The first kappa shape index (κ1) is 18.0. The van der Waals surface area contributed by atoms with Crippen LogP contribution in [-0.2, 0) is 9.59 Å². The molecule has 132 valence electrons. The van der Waals surface area contributed by atoms with Crippen LogP contribution >= 0.6 is 28.1 Å². The molecule has 9 heteroatoms. The molecule has 0 aliphatic carbocycles. The summed E-state index contributed by atoms with van der Waals surface area (Å²) in [5, 5.41) is 21.5. The zero-order valence-corrected chi connectivity index (χ0v) is 15.3. The predicted molar refractivity (Wildman–Crippen MR) is 100 cm³/mol. The fourth-order valence-corrected chi connectivity index (χ4v) is 2.98. The molecule has 0 bridgehead atoms. The number of nitrogens with one attached hydrogen (secondary N) is 1. The van der Waals surface area contributed by atoms with Gasteiger partial charge in [-0.05, 0) is 52.4 Å². The normalized spacial score (nSPS) is 16.2. The van der Waals surface area contributed by atoms with E-state index in [1.165, 1.54) is 24.3 Å². The molecular weight excluding hydrogens is 427 g/mol. The number of hydrogen-bond donors (Lipinski definition) is 3. The van der Waals surface area contributed by atoms with Gasteiger partial charge in [0.15, 0.2) is 5.11 Å². The predicted octanol–water partition coefficient (Wildman–Crippen LogP) is 2.83. The molecule has 2 aromatic carbocycles. The fraction of sp³-hybridized carbons (Fsp3) is 0. The zero-order valence-electron chi connectivity index (χ0n) is 12.9. The lowest BCUT2D eigenvalue weighted by Gasteiger charge is -2.29. The van der Waals surface area contributed by atoms with Crippen LogP contribution in [0.25, 0.3) is 6.08 Å². The second-order valence-corrected chi connectivity index (χ2v) is 6.51. The van der Waals surface area contributed by atoms with E-state index in [9.17, 15) is 24.2 Å². The van der Waals surface area contributed by atoms with Gasteiger partial charge in [-0.3, -0.25) is 14.9 Å². The first-order valence-corrected chi connectivity index (χ1v) is 8.37. The van der Waals surface area contributed by atoms with Crippen molar-refractivity contribution in [1.82, 2.24) is 5.32 Å². The minimum absolute atomic E-state index is 0.106. The number of benzene rings is 2. The molecule has 0 saturated carbocycles. The summed E-state index contributed by atoms with van der Waals surface area (Å²) in [5.74, 6) is -2.86. The highest BCUT2D eigenvalue weighted by molar-refractivity contribution is 9.10. The third-order valence-corrected chi connectivity index (χ3v) is 4.51. The van der Waals surface area contributed by atoms with Crippen molar-refractivity contribution in [2.45, 2.75) is 0 Å². The summed E-state index contributed by atoms with van der Waals surface area (Å²) < 4.78 is 14.3. The molecule has 1 fully saturated rings. The van der Waals surface area contributed by atoms with Crippen molar-refractivity contribution in [2.24, 2.45) is 0 Å². The maximum absolute atomic E-state index is 14.1. The molecule has 1 saturated heterocycles. The monoisotopic (exact) mass is 436 g/mol. The Morgan fingerprint density at radius 3 is 2.54 bits per heavy atom. The summed E-state index contributed by atoms with van der Waals surface area (Å²) in [5.41, 5.74) is -0.353. The van der Waals surface area contributed by atoms with Gasteiger partial charge in [0.1, 0.15) is 22.9 Å². The number of amides is 2. The van der Waals surface area contributed by atoms with E-state index in [0.717, 1.165) is 23.1 Å². The van der Waals surface area contributed by atoms with E-state index in [4.69, 9.17) is 12.2 Å². The Hall–Kier alpha value is -2.78. The summed E-state index contributed by atoms with van der Waals surface area (Å²) in [6.45, 7) is 0. The molecule has 26 heavy (non-hydrogen) atoms. The zero-order chi connectivity index (χ0) is 19.0. The fourth-order valence-electron chi connectivity index (χ4n) is 2.35. The van der Waals surface area contributed by atoms with E-state index in [1.54, 1.807) is 0 Å². The van der Waals surface area contributed by atoms with Crippen LogP contribution in [0.15, 0.2) is 46.4 Å². The molecule has 3 rings (SSSR count). The standard InChI is InChI=1S/C17H10BrFN2O4S/c18-10-6-8(13(22)7-14(10)23)5-9-15(24)20-17(26)21(16(9)25)12-4-2-1-3-11(12)19/h1-7,22-23H,(H,20,24,26)/b9-5+. The Kier molecular flexibility index (Phi) is 4.75. The van der Waals surface area contributed by atoms with Crippen LogP contribution in [0.5, 0.6) is 11.5 Å². The average Bonchev–Trinajstić information content (AvgIpc) is 2.57. The highest BCUT2D eigenvalue weighted by atomic mass is 79.9. The quantitative estimate of drug-likeness (QED) is 0.382. The summed E-state index contributed by atoms with van der Waals surface area (Å²) in [4.78, 5) is 25.8. The van der Waals surface area contributed by atoms with Gasteiger partial charge in [0, 0.05) is 11.6 Å². The highest BCUT2D eigenvalue weighted by Gasteiger charge is 2.35. The van der Waals surface area contributed by atoms with Gasteiger partial charge in [-0.1, -0.05) is 12.1 Å². The van der Waals surface area contributed by atoms with Crippen molar-refractivity contribution in [1.29, 1.82) is 0 Å². The molecule has 2 aromatic rings. The molecule has 0 atom stereocenters. The molecule has 1 heterocycles. The van der Waals surface area contributed by atoms with Crippen LogP contribution in [0.4, 0.5) is 10.1 Å². The van der Waals surface area contributed by atoms with E-state index < -0.39 is 17.6 Å². The molecule has 1 aliphatic rings. The molecule has 1 aliphatic heterocycles. The lowest BCUT2D eigenvalue weighted by Crippen LogP contribution is -2.54. The minimum atomic E-state index is -0.840. The van der Waals surface area contributed by atoms with Gasteiger partial charge < -0.3 is 10.2 Å². The number of carbonyl (C=O) groups excluding carboxylic acids is 2. The van der Waals surface area contributed by atoms with Gasteiger partial charge in [0.2, 0.25) is 0 Å². The number of thiocarbonyl (C=S) groups is 1. The first-order chi connectivity index (χ1) is 12.3. The Morgan fingerprint density at radius 2 is 1.85 bits per heavy atom. The molecule has 6 nitrogen and oxygen atoms in total. The second kappa shape index (κ2) is 6.85. The Balaban J connectivity index is 2.09. The van der Waals surface area contributed by atoms with Gasteiger partial charge in [0.05, 0.1) is 10.2 Å². The van der Waals surface area contributed by atoms with Gasteiger partial charge in [-0.25, -0.2) is 9.29 Å². The molecule has 0 aromatic heterocycles. The Labute approximate surface area is 160 Å². The molecule has 0 radical (unpaired) electrons. The number of anilines is 1. The van der Waals surface area contributed by atoms with Crippen LogP contribution < -0.4 is 10.2 Å². The number of para-hydroxylation sites is 1. The summed E-state index contributed by atoms with van der Waals surface area (Å²) in [6, 6.07) is 7.88. The number of phenols is 2. The van der Waals surface area contributed by atoms with E-state index >= 15 is 0 Å². The van der Waals surface area contributed by atoms with E-state index in [0.29, 0.717) is 0 Å². The number of nitrogens with zero attached hydrogens (tertiary/aromatic N) is 1. The van der Waals surface area contributed by atoms with Gasteiger partial charge in [-0.15, -0.1) is 0 Å². The third kappa shape index (κ3) is 3.18. The van der Waals surface area contributed by atoms with E-state index in [1.807, 2.05) is 0 Å².